The minimum absolute atomic E-state index is 0.0619. The van der Waals surface area contributed by atoms with Crippen LogP contribution < -0.4 is 10.6 Å². The van der Waals surface area contributed by atoms with Crippen LogP contribution in [0, 0.1) is 22.9 Å². The Labute approximate surface area is 143 Å². The molecule has 2 aromatic rings. The van der Waals surface area contributed by atoms with Crippen LogP contribution in [0.5, 0.6) is 0 Å². The third-order valence-corrected chi connectivity index (χ3v) is 4.21. The van der Waals surface area contributed by atoms with Crippen molar-refractivity contribution in [3.05, 3.63) is 51.2 Å². The van der Waals surface area contributed by atoms with Gasteiger partial charge >= 0.3 is 5.82 Å². The number of nitro groups is 1. The standard InChI is InChI=1S/C16H18FN5O3/c1-10-19-14(22(24)25)9-21(10)7-5-15(23)20-13-3-2-11-8-18-6-4-12(11)16(13)17/h2-3,9,18H,4-8H2,1H3,(H,20,23). The second kappa shape index (κ2) is 6.98. The lowest BCUT2D eigenvalue weighted by Crippen LogP contribution is -2.25. The summed E-state index contributed by atoms with van der Waals surface area (Å²) in [7, 11) is 0. The van der Waals surface area contributed by atoms with Crippen LogP contribution >= 0.6 is 0 Å². The molecule has 0 saturated heterocycles. The molecular weight excluding hydrogens is 329 g/mol. The molecule has 0 fully saturated rings. The van der Waals surface area contributed by atoms with Crippen LogP contribution in [0.1, 0.15) is 23.4 Å². The van der Waals surface area contributed by atoms with Crippen LogP contribution in [0.15, 0.2) is 18.3 Å². The zero-order valence-corrected chi connectivity index (χ0v) is 13.7. The van der Waals surface area contributed by atoms with Gasteiger partial charge in [-0.1, -0.05) is 6.07 Å². The van der Waals surface area contributed by atoms with E-state index in [0.29, 0.717) is 30.9 Å². The number of carbonyl (C=O) groups excluding carboxylic acids is 1. The number of aryl methyl sites for hydroxylation is 2. The zero-order valence-electron chi connectivity index (χ0n) is 13.7. The fourth-order valence-electron chi connectivity index (χ4n) is 2.87. The lowest BCUT2D eigenvalue weighted by molar-refractivity contribution is -0.389. The maximum absolute atomic E-state index is 14.5. The number of halogens is 1. The fraction of sp³-hybridized carbons (Fsp3) is 0.375. The number of carbonyl (C=O) groups is 1. The van der Waals surface area contributed by atoms with Gasteiger partial charge in [-0.05, 0) is 40.1 Å². The van der Waals surface area contributed by atoms with E-state index in [0.717, 1.165) is 5.56 Å². The Balaban J connectivity index is 1.64. The van der Waals surface area contributed by atoms with E-state index < -0.39 is 4.92 Å². The first-order valence-electron chi connectivity index (χ1n) is 7.94. The molecule has 1 aromatic carbocycles. The number of nitrogens with zero attached hydrogens (tertiary/aromatic N) is 3. The van der Waals surface area contributed by atoms with Crippen LogP contribution in [0.3, 0.4) is 0 Å². The molecule has 0 spiro atoms. The van der Waals surface area contributed by atoms with Gasteiger partial charge in [0.2, 0.25) is 11.7 Å². The highest BCUT2D eigenvalue weighted by Gasteiger charge is 2.18. The smallest absolute Gasteiger partial charge is 0.358 e. The van der Waals surface area contributed by atoms with Crippen LogP contribution in [-0.2, 0) is 24.3 Å². The van der Waals surface area contributed by atoms with E-state index in [4.69, 9.17) is 0 Å². The van der Waals surface area contributed by atoms with Crippen molar-refractivity contribution in [2.24, 2.45) is 0 Å². The van der Waals surface area contributed by atoms with Crippen molar-refractivity contribution in [2.75, 3.05) is 11.9 Å². The predicted molar refractivity (Wildman–Crippen MR) is 88.7 cm³/mol. The summed E-state index contributed by atoms with van der Waals surface area (Å²) in [5.74, 6) is -0.551. The molecule has 1 aliphatic heterocycles. The van der Waals surface area contributed by atoms with Gasteiger partial charge < -0.3 is 25.3 Å². The van der Waals surface area contributed by atoms with Crippen molar-refractivity contribution in [1.82, 2.24) is 14.9 Å². The van der Waals surface area contributed by atoms with Crippen molar-refractivity contribution >= 4 is 17.4 Å². The number of anilines is 1. The maximum Gasteiger partial charge on any atom is 0.381 e. The Morgan fingerprint density at radius 1 is 1.52 bits per heavy atom. The molecule has 0 atom stereocenters. The molecule has 1 aliphatic rings. The molecule has 0 bridgehead atoms. The fourth-order valence-corrected chi connectivity index (χ4v) is 2.87. The molecule has 1 aromatic heterocycles. The molecule has 2 N–H and O–H groups in total. The quantitative estimate of drug-likeness (QED) is 0.635. The minimum Gasteiger partial charge on any atom is -0.358 e. The van der Waals surface area contributed by atoms with Crippen molar-refractivity contribution in [3.63, 3.8) is 0 Å². The molecule has 0 radical (unpaired) electrons. The SMILES string of the molecule is Cc1nc([N+](=O)[O-])cn1CCC(=O)Nc1ccc2c(c1F)CCNC2. The summed E-state index contributed by atoms with van der Waals surface area (Å²) in [4.78, 5) is 26.0. The van der Waals surface area contributed by atoms with E-state index in [1.807, 2.05) is 6.07 Å². The average molecular weight is 347 g/mol. The molecule has 9 heteroatoms. The summed E-state index contributed by atoms with van der Waals surface area (Å²) in [6, 6.07) is 3.37. The first kappa shape index (κ1) is 17.0. The van der Waals surface area contributed by atoms with Gasteiger partial charge in [0.15, 0.2) is 0 Å². The monoisotopic (exact) mass is 347 g/mol. The number of fused-ring (bicyclic) bond motifs is 1. The summed E-state index contributed by atoms with van der Waals surface area (Å²) in [5, 5.41) is 16.5. The average Bonchev–Trinajstić information content (AvgIpc) is 2.97. The second-order valence-corrected chi connectivity index (χ2v) is 5.89. The van der Waals surface area contributed by atoms with Crippen LogP contribution in [0.2, 0.25) is 0 Å². The highest BCUT2D eigenvalue weighted by molar-refractivity contribution is 5.91. The normalized spacial score (nSPS) is 13.4. The number of hydrogen-bond acceptors (Lipinski definition) is 5. The lowest BCUT2D eigenvalue weighted by Gasteiger charge is -2.19. The number of aromatic nitrogens is 2. The summed E-state index contributed by atoms with van der Waals surface area (Å²) in [6.45, 7) is 3.19. The highest BCUT2D eigenvalue weighted by atomic mass is 19.1. The van der Waals surface area contributed by atoms with Gasteiger partial charge in [0.05, 0.1) is 5.69 Å². The summed E-state index contributed by atoms with van der Waals surface area (Å²) >= 11 is 0. The molecular formula is C16H18FN5O3. The van der Waals surface area contributed by atoms with Crippen LogP contribution in [0.4, 0.5) is 15.9 Å². The molecule has 25 heavy (non-hydrogen) atoms. The highest BCUT2D eigenvalue weighted by Crippen LogP contribution is 2.24. The van der Waals surface area contributed by atoms with Gasteiger partial charge in [-0.2, -0.15) is 0 Å². The Morgan fingerprint density at radius 3 is 3.04 bits per heavy atom. The molecule has 3 rings (SSSR count). The van der Waals surface area contributed by atoms with Crippen molar-refractivity contribution in [1.29, 1.82) is 0 Å². The van der Waals surface area contributed by atoms with Gasteiger partial charge in [0, 0.05) is 26.4 Å². The van der Waals surface area contributed by atoms with Crippen LogP contribution in [0.25, 0.3) is 0 Å². The van der Waals surface area contributed by atoms with Crippen LogP contribution in [-0.4, -0.2) is 26.9 Å². The van der Waals surface area contributed by atoms with Gasteiger partial charge in [0.1, 0.15) is 12.0 Å². The minimum atomic E-state index is -0.582. The van der Waals surface area contributed by atoms with E-state index in [-0.39, 0.29) is 36.2 Å². The van der Waals surface area contributed by atoms with E-state index in [9.17, 15) is 19.3 Å². The Kier molecular flexibility index (Phi) is 4.75. The number of rotatable bonds is 5. The summed E-state index contributed by atoms with van der Waals surface area (Å²) in [5.41, 5.74) is 1.71. The zero-order chi connectivity index (χ0) is 18.0. The largest absolute Gasteiger partial charge is 0.381 e. The Bertz CT molecular complexity index is 833. The molecule has 0 saturated carbocycles. The Morgan fingerprint density at radius 2 is 2.32 bits per heavy atom. The molecule has 2 heterocycles. The topological polar surface area (TPSA) is 102 Å². The van der Waals surface area contributed by atoms with E-state index >= 15 is 0 Å². The van der Waals surface area contributed by atoms with Gasteiger partial charge in [-0.15, -0.1) is 0 Å². The molecule has 0 unspecified atom stereocenters. The first-order chi connectivity index (χ1) is 12.0. The van der Waals surface area contributed by atoms with E-state index in [1.165, 1.54) is 10.8 Å². The lowest BCUT2D eigenvalue weighted by atomic mass is 9.99. The third-order valence-electron chi connectivity index (χ3n) is 4.21. The van der Waals surface area contributed by atoms with Gasteiger partial charge in [-0.3, -0.25) is 4.79 Å². The van der Waals surface area contributed by atoms with Crippen molar-refractivity contribution in [2.45, 2.75) is 32.9 Å². The van der Waals surface area contributed by atoms with Crippen molar-refractivity contribution in [3.8, 4) is 0 Å². The number of amides is 1. The third kappa shape index (κ3) is 3.66. The number of hydrogen-bond donors (Lipinski definition) is 2. The Hall–Kier alpha value is -2.81. The van der Waals surface area contributed by atoms with Gasteiger partial charge in [0.25, 0.3) is 0 Å². The summed E-state index contributed by atoms with van der Waals surface area (Å²) < 4.78 is 16.0. The van der Waals surface area contributed by atoms with E-state index in [2.05, 4.69) is 15.6 Å². The van der Waals surface area contributed by atoms with Crippen molar-refractivity contribution < 1.29 is 14.1 Å². The predicted octanol–water partition coefficient (Wildman–Crippen LogP) is 1.91. The number of imidazole rings is 1. The van der Waals surface area contributed by atoms with E-state index in [1.54, 1.807) is 13.0 Å². The number of benzene rings is 1. The molecule has 132 valence electrons. The van der Waals surface area contributed by atoms with Gasteiger partial charge in [-0.25, -0.2) is 4.39 Å². The molecule has 1 amide bonds. The number of nitrogens with one attached hydrogen (secondary N) is 2. The maximum atomic E-state index is 14.5. The summed E-state index contributed by atoms with van der Waals surface area (Å²) in [6.07, 6.45) is 1.93. The first-order valence-corrected chi connectivity index (χ1v) is 7.94. The molecule has 8 nitrogen and oxygen atoms in total. The molecule has 0 aliphatic carbocycles. The second-order valence-electron chi connectivity index (χ2n) is 5.89.